The van der Waals surface area contributed by atoms with Crippen LogP contribution in [-0.2, 0) is 6.54 Å². The van der Waals surface area contributed by atoms with Crippen LogP contribution >= 0.6 is 0 Å². The summed E-state index contributed by atoms with van der Waals surface area (Å²) in [7, 11) is 2.01. The van der Waals surface area contributed by atoms with Crippen LogP contribution in [-0.4, -0.2) is 23.6 Å². The summed E-state index contributed by atoms with van der Waals surface area (Å²) in [6.45, 7) is 1.36. The number of ether oxygens (including phenoxy) is 1. The van der Waals surface area contributed by atoms with Gasteiger partial charge in [0.05, 0.1) is 6.10 Å². The van der Waals surface area contributed by atoms with Gasteiger partial charge in [-0.2, -0.15) is 0 Å². The fourth-order valence-corrected chi connectivity index (χ4v) is 2.74. The summed E-state index contributed by atoms with van der Waals surface area (Å²) in [6.07, 6.45) is -0.480. The number of aliphatic hydroxyl groups excluding tert-OH is 1. The van der Waals surface area contributed by atoms with Crippen LogP contribution in [0.3, 0.4) is 0 Å². The minimum absolute atomic E-state index is 0.480. The molecule has 0 fully saturated rings. The van der Waals surface area contributed by atoms with Crippen LogP contribution in [0.4, 0.5) is 0 Å². The van der Waals surface area contributed by atoms with Crippen molar-refractivity contribution in [3.63, 3.8) is 0 Å². The summed E-state index contributed by atoms with van der Waals surface area (Å²) in [4.78, 5) is 2.12. The summed E-state index contributed by atoms with van der Waals surface area (Å²) in [6, 6.07) is 27.6. The Balaban J connectivity index is 1.54. The molecule has 25 heavy (non-hydrogen) atoms. The lowest BCUT2D eigenvalue weighted by Gasteiger charge is -2.21. The zero-order valence-corrected chi connectivity index (χ0v) is 14.4. The lowest BCUT2D eigenvalue weighted by atomic mass is 10.1. The van der Waals surface area contributed by atoms with Crippen molar-refractivity contribution in [2.45, 2.75) is 12.6 Å². The van der Waals surface area contributed by atoms with Gasteiger partial charge < -0.3 is 9.84 Å². The Labute approximate surface area is 149 Å². The average Bonchev–Trinajstić information content (AvgIpc) is 2.65. The molecule has 0 aliphatic heterocycles. The predicted octanol–water partition coefficient (Wildman–Crippen LogP) is 4.64. The first kappa shape index (κ1) is 17.2. The maximum Gasteiger partial charge on any atom is 0.127 e. The molecule has 3 rings (SSSR count). The van der Waals surface area contributed by atoms with E-state index < -0.39 is 6.10 Å². The zero-order valence-electron chi connectivity index (χ0n) is 14.4. The molecule has 1 unspecified atom stereocenters. The predicted molar refractivity (Wildman–Crippen MR) is 101 cm³/mol. The van der Waals surface area contributed by atoms with Gasteiger partial charge in [0.1, 0.15) is 11.5 Å². The molecule has 1 N–H and O–H groups in total. The van der Waals surface area contributed by atoms with Crippen molar-refractivity contribution in [2.24, 2.45) is 0 Å². The molecule has 3 aromatic carbocycles. The standard InChI is InChI=1S/C22H23NO2/c1-23(17-22(24)19-8-4-2-5-9-19)16-18-12-14-21(15-13-18)25-20-10-6-3-7-11-20/h2-15,22,24H,16-17H2,1H3. The summed E-state index contributed by atoms with van der Waals surface area (Å²) < 4.78 is 5.81. The van der Waals surface area contributed by atoms with E-state index in [4.69, 9.17) is 4.74 Å². The van der Waals surface area contributed by atoms with Crippen LogP contribution in [0.25, 0.3) is 0 Å². The molecule has 128 valence electrons. The first-order valence-corrected chi connectivity index (χ1v) is 8.44. The fraction of sp³-hybridized carbons (Fsp3) is 0.182. The van der Waals surface area contributed by atoms with Crippen molar-refractivity contribution in [3.05, 3.63) is 96.1 Å². The maximum atomic E-state index is 10.3. The molecule has 0 aliphatic rings. The maximum absolute atomic E-state index is 10.3. The van der Waals surface area contributed by atoms with Gasteiger partial charge in [0.2, 0.25) is 0 Å². The van der Waals surface area contributed by atoms with Gasteiger partial charge in [-0.15, -0.1) is 0 Å². The number of aliphatic hydroxyl groups is 1. The second-order valence-corrected chi connectivity index (χ2v) is 6.18. The van der Waals surface area contributed by atoms with Crippen LogP contribution < -0.4 is 4.74 Å². The molecule has 3 nitrogen and oxygen atoms in total. The Bertz CT molecular complexity index is 757. The van der Waals surface area contributed by atoms with Gasteiger partial charge in [-0.3, -0.25) is 4.90 Å². The van der Waals surface area contributed by atoms with Gasteiger partial charge in [-0.05, 0) is 42.4 Å². The molecule has 0 saturated carbocycles. The van der Waals surface area contributed by atoms with Crippen molar-refractivity contribution < 1.29 is 9.84 Å². The normalized spacial score (nSPS) is 12.1. The largest absolute Gasteiger partial charge is 0.457 e. The molecule has 0 radical (unpaired) electrons. The minimum Gasteiger partial charge on any atom is -0.457 e. The monoisotopic (exact) mass is 333 g/mol. The lowest BCUT2D eigenvalue weighted by Crippen LogP contribution is -2.24. The Hall–Kier alpha value is -2.62. The van der Waals surface area contributed by atoms with Gasteiger partial charge in [0, 0.05) is 13.1 Å². The lowest BCUT2D eigenvalue weighted by molar-refractivity contribution is 0.124. The van der Waals surface area contributed by atoms with Crippen molar-refractivity contribution in [2.75, 3.05) is 13.6 Å². The summed E-state index contributed by atoms with van der Waals surface area (Å²) in [5.74, 6) is 1.65. The van der Waals surface area contributed by atoms with Crippen molar-refractivity contribution in [1.82, 2.24) is 4.90 Å². The SMILES string of the molecule is CN(Cc1ccc(Oc2ccccc2)cc1)CC(O)c1ccccc1. The number of nitrogens with zero attached hydrogens (tertiary/aromatic N) is 1. The quantitative estimate of drug-likeness (QED) is 0.683. The Kier molecular flexibility index (Phi) is 5.83. The molecule has 0 saturated heterocycles. The molecule has 0 spiro atoms. The van der Waals surface area contributed by atoms with Gasteiger partial charge in [-0.1, -0.05) is 60.7 Å². The first-order chi connectivity index (χ1) is 12.2. The number of hydrogen-bond acceptors (Lipinski definition) is 3. The van der Waals surface area contributed by atoms with Gasteiger partial charge in [0.25, 0.3) is 0 Å². The van der Waals surface area contributed by atoms with E-state index in [0.29, 0.717) is 6.54 Å². The highest BCUT2D eigenvalue weighted by atomic mass is 16.5. The van der Waals surface area contributed by atoms with Gasteiger partial charge in [-0.25, -0.2) is 0 Å². The van der Waals surface area contributed by atoms with Crippen LogP contribution in [0.2, 0.25) is 0 Å². The third kappa shape index (κ3) is 5.18. The molecule has 0 heterocycles. The Morgan fingerprint density at radius 2 is 1.36 bits per heavy atom. The topological polar surface area (TPSA) is 32.7 Å². The van der Waals surface area contributed by atoms with Gasteiger partial charge in [0.15, 0.2) is 0 Å². The van der Waals surface area contributed by atoms with E-state index in [9.17, 15) is 5.11 Å². The highest BCUT2D eigenvalue weighted by Gasteiger charge is 2.10. The van der Waals surface area contributed by atoms with Crippen LogP contribution in [0.15, 0.2) is 84.9 Å². The van der Waals surface area contributed by atoms with E-state index >= 15 is 0 Å². The van der Waals surface area contributed by atoms with Crippen molar-refractivity contribution in [1.29, 1.82) is 0 Å². The average molecular weight is 333 g/mol. The van der Waals surface area contributed by atoms with Gasteiger partial charge >= 0.3 is 0 Å². The summed E-state index contributed by atoms with van der Waals surface area (Å²) >= 11 is 0. The molecule has 0 bridgehead atoms. The molecule has 0 amide bonds. The smallest absolute Gasteiger partial charge is 0.127 e. The number of benzene rings is 3. The van der Waals surface area contributed by atoms with E-state index in [0.717, 1.165) is 23.6 Å². The summed E-state index contributed by atoms with van der Waals surface area (Å²) in [5, 5.41) is 10.3. The Morgan fingerprint density at radius 1 is 0.800 bits per heavy atom. The second-order valence-electron chi connectivity index (χ2n) is 6.18. The number of rotatable bonds is 7. The molecule has 0 aromatic heterocycles. The third-order valence-corrected chi connectivity index (χ3v) is 4.02. The highest BCUT2D eigenvalue weighted by molar-refractivity contribution is 5.33. The highest BCUT2D eigenvalue weighted by Crippen LogP contribution is 2.22. The van der Waals surface area contributed by atoms with E-state index in [1.54, 1.807) is 0 Å². The minimum atomic E-state index is -0.480. The fourth-order valence-electron chi connectivity index (χ4n) is 2.74. The zero-order chi connectivity index (χ0) is 17.5. The molecule has 1 atom stereocenters. The molecule has 3 aromatic rings. The number of para-hydroxylation sites is 1. The van der Waals surface area contributed by atoms with E-state index in [2.05, 4.69) is 17.0 Å². The van der Waals surface area contributed by atoms with Crippen molar-refractivity contribution >= 4 is 0 Å². The molecular weight excluding hydrogens is 310 g/mol. The number of hydrogen-bond donors (Lipinski definition) is 1. The third-order valence-electron chi connectivity index (χ3n) is 4.02. The van der Waals surface area contributed by atoms with Crippen LogP contribution in [0, 0.1) is 0 Å². The molecular formula is C22H23NO2. The first-order valence-electron chi connectivity index (χ1n) is 8.44. The Morgan fingerprint density at radius 3 is 2.00 bits per heavy atom. The molecule has 0 aliphatic carbocycles. The van der Waals surface area contributed by atoms with E-state index in [-0.39, 0.29) is 0 Å². The van der Waals surface area contributed by atoms with Crippen LogP contribution in [0.1, 0.15) is 17.2 Å². The number of likely N-dealkylation sites (N-methyl/N-ethyl adjacent to an activating group) is 1. The second kappa shape index (κ2) is 8.47. The van der Waals surface area contributed by atoms with Crippen LogP contribution in [0.5, 0.6) is 11.5 Å². The van der Waals surface area contributed by atoms with E-state index in [1.807, 2.05) is 79.8 Å². The molecule has 3 heteroatoms. The summed E-state index contributed by atoms with van der Waals surface area (Å²) in [5.41, 5.74) is 2.13. The van der Waals surface area contributed by atoms with Crippen molar-refractivity contribution in [3.8, 4) is 11.5 Å². The van der Waals surface area contributed by atoms with E-state index in [1.165, 1.54) is 5.56 Å².